The number of fused-ring (bicyclic) bond motifs is 1. The van der Waals surface area contributed by atoms with Gasteiger partial charge in [-0.2, -0.15) is 0 Å². The summed E-state index contributed by atoms with van der Waals surface area (Å²) in [6, 6.07) is 19.9. The van der Waals surface area contributed by atoms with Gasteiger partial charge in [0.15, 0.2) is 0 Å². The van der Waals surface area contributed by atoms with Gasteiger partial charge in [-0.25, -0.2) is 4.79 Å². The van der Waals surface area contributed by atoms with Crippen molar-refractivity contribution in [2.45, 2.75) is 19.1 Å². The number of nitrogens with zero attached hydrogens (tertiary/aromatic N) is 2. The highest BCUT2D eigenvalue weighted by molar-refractivity contribution is 6.22. The zero-order chi connectivity index (χ0) is 22.7. The quantitative estimate of drug-likeness (QED) is 0.246. The van der Waals surface area contributed by atoms with Gasteiger partial charge in [0.1, 0.15) is 12.6 Å². The number of benzene rings is 3. The van der Waals surface area contributed by atoms with E-state index in [0.717, 1.165) is 10.5 Å². The number of rotatable bonds is 7. The molecule has 1 unspecified atom stereocenters. The van der Waals surface area contributed by atoms with Crippen LogP contribution in [0.3, 0.4) is 0 Å². The van der Waals surface area contributed by atoms with E-state index < -0.39 is 28.7 Å². The average molecular weight is 430 g/mol. The first-order valence-electron chi connectivity index (χ1n) is 9.86. The number of amides is 2. The first kappa shape index (κ1) is 20.9. The highest BCUT2D eigenvalue weighted by atomic mass is 16.6. The lowest BCUT2D eigenvalue weighted by Crippen LogP contribution is -2.47. The average Bonchev–Trinajstić information content (AvgIpc) is 3.07. The molecule has 0 bridgehead atoms. The molecule has 1 heterocycles. The lowest BCUT2D eigenvalue weighted by atomic mass is 10.0. The van der Waals surface area contributed by atoms with Crippen LogP contribution < -0.4 is 0 Å². The zero-order valence-corrected chi connectivity index (χ0v) is 16.8. The van der Waals surface area contributed by atoms with Gasteiger partial charge in [-0.05, 0) is 23.3 Å². The number of nitro benzene ring substituents is 1. The van der Waals surface area contributed by atoms with Gasteiger partial charge in [0.25, 0.3) is 17.5 Å². The van der Waals surface area contributed by atoms with E-state index >= 15 is 0 Å². The Balaban J connectivity index is 1.59. The number of carbonyl (C=O) groups excluding carboxylic acids is 3. The fourth-order valence-electron chi connectivity index (χ4n) is 3.62. The molecular weight excluding hydrogens is 412 g/mol. The number of ether oxygens (including phenoxy) is 1. The molecule has 0 saturated carbocycles. The highest BCUT2D eigenvalue weighted by Gasteiger charge is 2.43. The molecule has 2 amide bonds. The van der Waals surface area contributed by atoms with Crippen LogP contribution in [0.25, 0.3) is 0 Å². The predicted octanol–water partition coefficient (Wildman–Crippen LogP) is 3.55. The van der Waals surface area contributed by atoms with E-state index in [0.29, 0.717) is 5.56 Å². The molecule has 0 radical (unpaired) electrons. The maximum atomic E-state index is 13.1. The van der Waals surface area contributed by atoms with Gasteiger partial charge in [-0.1, -0.05) is 54.6 Å². The molecule has 0 aliphatic carbocycles. The lowest BCUT2D eigenvalue weighted by Gasteiger charge is -2.24. The van der Waals surface area contributed by atoms with Gasteiger partial charge in [0.05, 0.1) is 16.1 Å². The fourth-order valence-corrected chi connectivity index (χ4v) is 3.62. The van der Waals surface area contributed by atoms with E-state index in [2.05, 4.69) is 0 Å². The van der Waals surface area contributed by atoms with E-state index in [-0.39, 0.29) is 29.8 Å². The first-order chi connectivity index (χ1) is 15.5. The van der Waals surface area contributed by atoms with Crippen LogP contribution in [0.2, 0.25) is 0 Å². The van der Waals surface area contributed by atoms with Crippen LogP contribution in [0, 0.1) is 10.1 Å². The van der Waals surface area contributed by atoms with Crippen molar-refractivity contribution >= 4 is 23.5 Å². The van der Waals surface area contributed by atoms with E-state index in [9.17, 15) is 24.5 Å². The molecule has 3 aromatic rings. The van der Waals surface area contributed by atoms with Crippen LogP contribution in [-0.2, 0) is 22.6 Å². The molecule has 0 N–H and O–H groups in total. The van der Waals surface area contributed by atoms with E-state index in [4.69, 9.17) is 4.74 Å². The number of hydrogen-bond donors (Lipinski definition) is 0. The summed E-state index contributed by atoms with van der Waals surface area (Å²) in [7, 11) is 0. The Morgan fingerprint density at radius 2 is 1.47 bits per heavy atom. The second-order valence-electron chi connectivity index (χ2n) is 7.27. The molecule has 4 rings (SSSR count). The summed E-state index contributed by atoms with van der Waals surface area (Å²) < 4.78 is 5.40. The summed E-state index contributed by atoms with van der Waals surface area (Å²) in [5, 5.41) is 11.0. The highest BCUT2D eigenvalue weighted by Crippen LogP contribution is 2.27. The smallest absolute Gasteiger partial charge is 0.330 e. The molecule has 8 nitrogen and oxygen atoms in total. The SMILES string of the molecule is O=C(OCc1cccc([N+](=O)[O-])c1)C(Cc1ccccc1)N1C(=O)c2ccccc2C1=O. The second-order valence-corrected chi connectivity index (χ2v) is 7.27. The van der Waals surface area contributed by atoms with Crippen LogP contribution in [0.5, 0.6) is 0 Å². The molecule has 0 saturated heterocycles. The van der Waals surface area contributed by atoms with E-state index in [1.807, 2.05) is 6.07 Å². The van der Waals surface area contributed by atoms with Crippen molar-refractivity contribution in [2.24, 2.45) is 0 Å². The number of imide groups is 1. The third-order valence-electron chi connectivity index (χ3n) is 5.18. The largest absolute Gasteiger partial charge is 0.459 e. The zero-order valence-electron chi connectivity index (χ0n) is 16.8. The Bertz CT molecular complexity index is 1170. The Kier molecular flexibility index (Phi) is 5.76. The van der Waals surface area contributed by atoms with Gasteiger partial charge < -0.3 is 4.74 Å². The third kappa shape index (κ3) is 4.11. The number of hydrogen-bond acceptors (Lipinski definition) is 6. The first-order valence-corrected chi connectivity index (χ1v) is 9.86. The third-order valence-corrected chi connectivity index (χ3v) is 5.18. The molecular formula is C24H18N2O6. The lowest BCUT2D eigenvalue weighted by molar-refractivity contribution is -0.384. The van der Waals surface area contributed by atoms with Crippen LogP contribution in [0.4, 0.5) is 5.69 Å². The monoisotopic (exact) mass is 430 g/mol. The summed E-state index contributed by atoms with van der Waals surface area (Å²) in [5.41, 5.74) is 1.53. The van der Waals surface area contributed by atoms with Crippen molar-refractivity contribution in [3.05, 3.63) is 111 Å². The summed E-state index contributed by atoms with van der Waals surface area (Å²) >= 11 is 0. The molecule has 0 aromatic heterocycles. The van der Waals surface area contributed by atoms with Crippen LogP contribution in [0.1, 0.15) is 31.8 Å². The van der Waals surface area contributed by atoms with Gasteiger partial charge in [0.2, 0.25) is 0 Å². The van der Waals surface area contributed by atoms with Crippen LogP contribution in [0.15, 0.2) is 78.9 Å². The van der Waals surface area contributed by atoms with Gasteiger partial charge in [-0.3, -0.25) is 24.6 Å². The summed E-state index contributed by atoms with van der Waals surface area (Å²) in [6.07, 6.45) is 0.0834. The second kappa shape index (κ2) is 8.81. The number of esters is 1. The molecule has 32 heavy (non-hydrogen) atoms. The van der Waals surface area contributed by atoms with Crippen molar-refractivity contribution in [3.8, 4) is 0 Å². The predicted molar refractivity (Wildman–Crippen MR) is 114 cm³/mol. The summed E-state index contributed by atoms with van der Waals surface area (Å²) in [5.74, 6) is -1.88. The number of carbonyl (C=O) groups is 3. The molecule has 160 valence electrons. The topological polar surface area (TPSA) is 107 Å². The summed E-state index contributed by atoms with van der Waals surface area (Å²) in [4.78, 5) is 50.4. The van der Waals surface area contributed by atoms with Gasteiger partial charge in [-0.15, -0.1) is 0 Å². The Morgan fingerprint density at radius 1 is 0.875 bits per heavy atom. The normalized spacial score (nSPS) is 13.6. The Labute approximate surface area is 183 Å². The van der Waals surface area contributed by atoms with Crippen molar-refractivity contribution in [1.29, 1.82) is 0 Å². The van der Waals surface area contributed by atoms with Crippen molar-refractivity contribution in [3.63, 3.8) is 0 Å². The summed E-state index contributed by atoms with van der Waals surface area (Å²) in [6.45, 7) is -0.227. The van der Waals surface area contributed by atoms with Crippen LogP contribution >= 0.6 is 0 Å². The van der Waals surface area contributed by atoms with Crippen LogP contribution in [-0.4, -0.2) is 33.6 Å². The maximum absolute atomic E-state index is 13.1. The molecule has 0 fully saturated rings. The molecule has 1 atom stereocenters. The Hall–Kier alpha value is -4.33. The minimum absolute atomic E-state index is 0.0834. The molecule has 3 aromatic carbocycles. The molecule has 1 aliphatic heterocycles. The van der Waals surface area contributed by atoms with Gasteiger partial charge >= 0.3 is 5.97 Å². The fraction of sp³-hybridized carbons (Fsp3) is 0.125. The minimum atomic E-state index is -1.18. The number of nitro groups is 1. The molecule has 0 spiro atoms. The number of non-ortho nitro benzene ring substituents is 1. The van der Waals surface area contributed by atoms with Crippen molar-refractivity contribution < 1.29 is 24.0 Å². The molecule has 8 heteroatoms. The van der Waals surface area contributed by atoms with E-state index in [1.165, 1.54) is 18.2 Å². The minimum Gasteiger partial charge on any atom is -0.459 e. The van der Waals surface area contributed by atoms with Crippen molar-refractivity contribution in [2.75, 3.05) is 0 Å². The standard InChI is InChI=1S/C24H18N2O6/c27-22-19-11-4-5-12-20(19)23(28)25(22)21(14-16-7-2-1-3-8-16)24(29)32-15-17-9-6-10-18(13-17)26(30)31/h1-13,21H,14-15H2. The van der Waals surface area contributed by atoms with Crippen molar-refractivity contribution in [1.82, 2.24) is 4.90 Å². The van der Waals surface area contributed by atoms with Gasteiger partial charge in [0, 0.05) is 18.6 Å². The van der Waals surface area contributed by atoms with E-state index in [1.54, 1.807) is 54.6 Å². The maximum Gasteiger partial charge on any atom is 0.330 e. The molecule has 1 aliphatic rings. The Morgan fingerprint density at radius 3 is 2.09 bits per heavy atom.